The number of thiophene rings is 1. The maximum Gasteiger partial charge on any atom is 0.331 e. The number of para-hydroxylation sites is 1. The number of urea groups is 1. The molecule has 1 unspecified atom stereocenters. The predicted molar refractivity (Wildman–Crippen MR) is 165 cm³/mol. The standard InChI is InChI=1S/C31H34N6O4S/c1-18-16-22(41-21-9-5-4-6-10-21)11-12-23(18)37-24-13-14-33-29-25(24)26(35-31(37)40)27(42-29)28(38)34-20-8-7-15-36(17-20)30(39)19(2)32-3/h4-6,9-14,16,19-20,30,32,39H,7-8,15,17H2,1-3H3,(H,34,38)(H,35,40)/t19-,20-,30?/m1/s1. The van der Waals surface area contributed by atoms with Crippen LogP contribution in [0.3, 0.4) is 0 Å². The van der Waals surface area contributed by atoms with Gasteiger partial charge in [0, 0.05) is 31.4 Å². The highest BCUT2D eigenvalue weighted by molar-refractivity contribution is 7.21. The molecule has 3 atom stereocenters. The Labute approximate surface area is 248 Å². The first-order valence-electron chi connectivity index (χ1n) is 14.1. The Bertz CT molecular complexity index is 1630. The molecule has 0 spiro atoms. The molecular formula is C31H34N6O4S. The van der Waals surface area contributed by atoms with Crippen molar-refractivity contribution in [1.29, 1.82) is 0 Å². The lowest BCUT2D eigenvalue weighted by atomic mass is 10.0. The second-order valence-electron chi connectivity index (χ2n) is 10.7. The molecule has 3 amide bonds. The summed E-state index contributed by atoms with van der Waals surface area (Å²) in [5.41, 5.74) is 2.72. The average Bonchev–Trinajstić information content (AvgIpc) is 3.37. The third kappa shape index (κ3) is 5.32. The fraction of sp³-hybridized carbons (Fsp3) is 0.323. The van der Waals surface area contributed by atoms with Crippen molar-refractivity contribution < 1.29 is 19.4 Å². The van der Waals surface area contributed by atoms with Crippen molar-refractivity contribution in [2.45, 2.75) is 45.0 Å². The van der Waals surface area contributed by atoms with Gasteiger partial charge in [0.2, 0.25) is 0 Å². The van der Waals surface area contributed by atoms with E-state index in [1.807, 2.05) is 74.3 Å². The van der Waals surface area contributed by atoms with Gasteiger partial charge in [0.15, 0.2) is 0 Å². The van der Waals surface area contributed by atoms with Crippen LogP contribution in [-0.4, -0.2) is 65.4 Å². The molecule has 4 N–H and O–H groups in total. The molecule has 10 nitrogen and oxygen atoms in total. The predicted octanol–water partition coefficient (Wildman–Crippen LogP) is 5.20. The second-order valence-corrected chi connectivity index (χ2v) is 11.7. The first-order chi connectivity index (χ1) is 20.3. The average molecular weight is 587 g/mol. The van der Waals surface area contributed by atoms with Gasteiger partial charge in [-0.05, 0) is 75.7 Å². The first kappa shape index (κ1) is 28.1. The van der Waals surface area contributed by atoms with Crippen LogP contribution in [0.5, 0.6) is 11.5 Å². The molecule has 4 aromatic rings. The number of aryl methyl sites for hydroxylation is 1. The number of likely N-dealkylation sites (N-methyl/N-ethyl adjacent to an activating group) is 1. The van der Waals surface area contributed by atoms with Crippen LogP contribution >= 0.6 is 11.3 Å². The van der Waals surface area contributed by atoms with Crippen LogP contribution < -0.4 is 25.6 Å². The molecule has 0 aliphatic carbocycles. The summed E-state index contributed by atoms with van der Waals surface area (Å²) >= 11 is 1.26. The maximum atomic E-state index is 13.6. The zero-order valence-electron chi connectivity index (χ0n) is 23.8. The van der Waals surface area contributed by atoms with Gasteiger partial charge in [0.05, 0.1) is 22.4 Å². The van der Waals surface area contributed by atoms with Crippen molar-refractivity contribution in [3.8, 4) is 11.5 Å². The van der Waals surface area contributed by atoms with E-state index in [-0.39, 0.29) is 24.0 Å². The van der Waals surface area contributed by atoms with Crippen molar-refractivity contribution in [2.24, 2.45) is 0 Å². The number of pyridine rings is 1. The lowest BCUT2D eigenvalue weighted by Crippen LogP contribution is -2.55. The smallest absolute Gasteiger partial charge is 0.331 e. The van der Waals surface area contributed by atoms with Gasteiger partial charge in [-0.2, -0.15) is 0 Å². The highest BCUT2D eigenvalue weighted by Gasteiger charge is 2.35. The van der Waals surface area contributed by atoms with Gasteiger partial charge in [-0.1, -0.05) is 18.2 Å². The Morgan fingerprint density at radius 3 is 2.74 bits per heavy atom. The number of nitrogens with zero attached hydrogens (tertiary/aromatic N) is 3. The van der Waals surface area contributed by atoms with E-state index in [1.165, 1.54) is 11.3 Å². The SMILES string of the molecule is CN[C@H](C)C(O)N1CCC[C@@H](NC(=O)c2sc3nccc4c3c2NC(=O)N4c2ccc(Oc3ccccc3)cc2C)C1. The summed E-state index contributed by atoms with van der Waals surface area (Å²) < 4.78 is 5.98. The molecule has 0 radical (unpaired) electrons. The van der Waals surface area contributed by atoms with Crippen LogP contribution in [0.25, 0.3) is 10.2 Å². The van der Waals surface area contributed by atoms with E-state index < -0.39 is 6.23 Å². The molecular weight excluding hydrogens is 552 g/mol. The number of carbonyl (C=O) groups excluding carboxylic acids is 2. The molecule has 11 heteroatoms. The number of likely N-dealkylation sites (tertiary alicyclic amines) is 1. The lowest BCUT2D eigenvalue weighted by molar-refractivity contribution is -0.0343. The number of amides is 3. The Hall–Kier alpha value is -4.03. The molecule has 6 rings (SSSR count). The number of anilines is 3. The number of benzene rings is 2. The highest BCUT2D eigenvalue weighted by atomic mass is 32.1. The summed E-state index contributed by atoms with van der Waals surface area (Å²) in [5.74, 6) is 1.15. The van der Waals surface area contributed by atoms with E-state index in [2.05, 4.69) is 20.9 Å². The molecule has 1 fully saturated rings. The number of aromatic nitrogens is 1. The summed E-state index contributed by atoms with van der Waals surface area (Å²) in [7, 11) is 1.82. The molecule has 42 heavy (non-hydrogen) atoms. The first-order valence-corrected chi connectivity index (χ1v) is 14.9. The van der Waals surface area contributed by atoms with Gasteiger partial charge in [0.1, 0.15) is 27.4 Å². The van der Waals surface area contributed by atoms with E-state index in [1.54, 1.807) is 17.2 Å². The summed E-state index contributed by atoms with van der Waals surface area (Å²) in [4.78, 5) is 36.4. The van der Waals surface area contributed by atoms with Crippen molar-refractivity contribution in [1.82, 2.24) is 20.5 Å². The van der Waals surface area contributed by atoms with E-state index in [0.717, 1.165) is 36.1 Å². The van der Waals surface area contributed by atoms with Crippen LogP contribution in [0.1, 0.15) is 35.0 Å². The van der Waals surface area contributed by atoms with Gasteiger partial charge >= 0.3 is 6.03 Å². The Balaban J connectivity index is 1.26. The van der Waals surface area contributed by atoms with Crippen LogP contribution in [0, 0.1) is 6.92 Å². The Morgan fingerprint density at radius 2 is 1.98 bits per heavy atom. The molecule has 4 heterocycles. The second kappa shape index (κ2) is 11.7. The number of hydrogen-bond acceptors (Lipinski definition) is 8. The Kier molecular flexibility index (Phi) is 7.82. The number of piperidine rings is 1. The van der Waals surface area contributed by atoms with Crippen molar-refractivity contribution >= 4 is 50.6 Å². The third-order valence-electron chi connectivity index (χ3n) is 7.90. The number of aliphatic hydroxyl groups is 1. The molecule has 218 valence electrons. The van der Waals surface area contributed by atoms with E-state index in [9.17, 15) is 14.7 Å². The third-order valence-corrected chi connectivity index (χ3v) is 9.00. The molecule has 2 aromatic carbocycles. The summed E-state index contributed by atoms with van der Waals surface area (Å²) in [5, 5.41) is 20.6. The number of nitrogens with one attached hydrogen (secondary N) is 3. The summed E-state index contributed by atoms with van der Waals surface area (Å²) in [6.07, 6.45) is 2.70. The zero-order valence-corrected chi connectivity index (χ0v) is 24.6. The van der Waals surface area contributed by atoms with Crippen LogP contribution in [0.4, 0.5) is 21.9 Å². The quantitative estimate of drug-likeness (QED) is 0.224. The van der Waals surface area contributed by atoms with Crippen LogP contribution in [-0.2, 0) is 0 Å². The largest absolute Gasteiger partial charge is 0.457 e. The summed E-state index contributed by atoms with van der Waals surface area (Å²) in [6.45, 7) is 5.18. The fourth-order valence-corrected chi connectivity index (χ4v) is 6.65. The number of rotatable bonds is 8. The van der Waals surface area contributed by atoms with Gasteiger partial charge in [-0.25, -0.2) is 9.78 Å². The molecule has 2 aliphatic rings. The summed E-state index contributed by atoms with van der Waals surface area (Å²) in [6, 6.07) is 16.4. The van der Waals surface area contributed by atoms with Gasteiger partial charge in [-0.3, -0.25) is 14.6 Å². The molecule has 0 bridgehead atoms. The number of ether oxygens (including phenoxy) is 1. The fourth-order valence-electron chi connectivity index (χ4n) is 5.63. The lowest BCUT2D eigenvalue weighted by Gasteiger charge is -2.38. The van der Waals surface area contributed by atoms with Gasteiger partial charge < -0.3 is 25.8 Å². The van der Waals surface area contributed by atoms with E-state index >= 15 is 0 Å². The van der Waals surface area contributed by atoms with Crippen molar-refractivity contribution in [3.05, 3.63) is 71.2 Å². The van der Waals surface area contributed by atoms with Crippen molar-refractivity contribution in [3.63, 3.8) is 0 Å². The van der Waals surface area contributed by atoms with Crippen molar-refractivity contribution in [2.75, 3.05) is 30.4 Å². The topological polar surface area (TPSA) is 119 Å². The van der Waals surface area contributed by atoms with Crippen LogP contribution in [0.2, 0.25) is 0 Å². The minimum absolute atomic E-state index is 0.0922. The molecule has 2 aliphatic heterocycles. The molecule has 0 saturated carbocycles. The molecule has 2 aromatic heterocycles. The zero-order chi connectivity index (χ0) is 29.4. The van der Waals surface area contributed by atoms with Crippen LogP contribution in [0.15, 0.2) is 60.8 Å². The minimum atomic E-state index is -0.639. The normalized spacial score (nSPS) is 18.4. The number of hydrogen-bond donors (Lipinski definition) is 4. The van der Waals surface area contributed by atoms with E-state index in [0.29, 0.717) is 39.1 Å². The number of aliphatic hydroxyl groups excluding tert-OH is 1. The monoisotopic (exact) mass is 586 g/mol. The van der Waals surface area contributed by atoms with Gasteiger partial charge in [-0.15, -0.1) is 11.3 Å². The Morgan fingerprint density at radius 1 is 1.17 bits per heavy atom. The maximum absolute atomic E-state index is 13.6. The molecule has 1 saturated heterocycles. The highest BCUT2D eigenvalue weighted by Crippen LogP contribution is 2.46. The minimum Gasteiger partial charge on any atom is -0.457 e. The number of carbonyl (C=O) groups is 2. The van der Waals surface area contributed by atoms with Gasteiger partial charge in [0.25, 0.3) is 5.91 Å². The van der Waals surface area contributed by atoms with E-state index in [4.69, 9.17) is 4.74 Å².